The van der Waals surface area contributed by atoms with Gasteiger partial charge in [0.2, 0.25) is 34.9 Å². The fourth-order valence-electron chi connectivity index (χ4n) is 12.2. The third-order valence-corrected chi connectivity index (χ3v) is 18.3. The van der Waals surface area contributed by atoms with Crippen molar-refractivity contribution in [3.8, 4) is 0 Å². The van der Waals surface area contributed by atoms with Gasteiger partial charge in [0.25, 0.3) is 34.9 Å². The summed E-state index contributed by atoms with van der Waals surface area (Å²) in [6.07, 6.45) is 19.9. The first kappa shape index (κ1) is 92.3. The van der Waals surface area contributed by atoms with Crippen LogP contribution >= 0.6 is 0 Å². The first-order valence-corrected chi connectivity index (χ1v) is 33.2. The van der Waals surface area contributed by atoms with E-state index in [0.29, 0.717) is 70.7 Å². The number of aromatic nitrogens is 15. The van der Waals surface area contributed by atoms with E-state index in [9.17, 15) is 0 Å². The van der Waals surface area contributed by atoms with Crippen molar-refractivity contribution in [2.45, 2.75) is 180 Å². The van der Waals surface area contributed by atoms with Gasteiger partial charge in [-0.3, -0.25) is 58.8 Å². The Kier molecular flexibility index (Phi) is 45.0. The minimum Gasteiger partial charge on any atom is -0.583 e. The molecular formula is C51H102B10N30Pd5. The number of unbranched alkanes of at least 4 members (excludes halogenated alkanes) is 6. The molecular weight excluding hydrogens is 1670 g/mol. The summed E-state index contributed by atoms with van der Waals surface area (Å²) >= 11 is 0. The molecule has 0 aliphatic carbocycles. The van der Waals surface area contributed by atoms with E-state index in [1.54, 1.807) is 0 Å². The maximum Gasteiger partial charge on any atom is 2.00 e. The van der Waals surface area contributed by atoms with Crippen LogP contribution in [0, 0.1) is 33.3 Å². The number of rotatable bonds is 20. The maximum absolute atomic E-state index is 4.21. The van der Waals surface area contributed by atoms with Gasteiger partial charge in [-0.1, -0.05) is 184 Å². The Balaban J connectivity index is 0.000000593. The molecule has 0 spiro atoms. The number of hydrogen-bond donors (Lipinski definition) is 0. The summed E-state index contributed by atoms with van der Waals surface area (Å²) in [5.74, 6) is 3.34. The van der Waals surface area contributed by atoms with Gasteiger partial charge in [-0.15, -0.1) is 0 Å². The molecule has 5 aromatic rings. The van der Waals surface area contributed by atoms with E-state index in [4.69, 9.17) is 0 Å². The van der Waals surface area contributed by atoms with Crippen molar-refractivity contribution in [1.29, 1.82) is 0 Å². The van der Waals surface area contributed by atoms with E-state index in [1.165, 1.54) is 89.4 Å². The van der Waals surface area contributed by atoms with Crippen LogP contribution in [0.15, 0.2) is 31.6 Å². The Morgan fingerprint density at radius 2 is 0.552 bits per heavy atom. The van der Waals surface area contributed by atoms with Gasteiger partial charge in [0.05, 0.1) is 31.6 Å². The van der Waals surface area contributed by atoms with Crippen molar-refractivity contribution in [1.82, 2.24) is 124 Å². The Labute approximate surface area is 650 Å². The van der Waals surface area contributed by atoms with E-state index in [1.807, 2.05) is 11.5 Å². The third-order valence-electron chi connectivity index (χ3n) is 18.3. The molecule has 0 aromatic carbocycles. The zero-order valence-electron chi connectivity index (χ0n) is 60.5. The van der Waals surface area contributed by atoms with Crippen LogP contribution in [0.25, 0.3) is 0 Å². The monoisotopic (exact) mass is 1770 g/mol. The second kappa shape index (κ2) is 46.8. The van der Waals surface area contributed by atoms with Crippen molar-refractivity contribution in [2.75, 3.05) is 85.5 Å². The predicted octanol–water partition coefficient (Wildman–Crippen LogP) is 3.59. The molecule has 536 valence electrons. The van der Waals surface area contributed by atoms with Crippen LogP contribution < -0.4 is 49.5 Å². The van der Waals surface area contributed by atoms with Crippen LogP contribution in [0.4, 0.5) is 29.7 Å². The quantitative estimate of drug-likeness (QED) is 0.0614. The summed E-state index contributed by atoms with van der Waals surface area (Å²) in [5, 5.41) is 39.2. The Morgan fingerprint density at radius 3 is 0.802 bits per heavy atom. The van der Waals surface area contributed by atoms with Crippen molar-refractivity contribution in [3.05, 3.63) is 65.0 Å². The molecule has 30 nitrogen and oxygen atoms in total. The summed E-state index contributed by atoms with van der Waals surface area (Å²) in [4.78, 5) is 42.2. The number of anilines is 5. The van der Waals surface area contributed by atoms with Crippen LogP contribution in [0.3, 0.4) is 0 Å². The normalized spacial score (nSPS) is 17.8. The van der Waals surface area contributed by atoms with Crippen LogP contribution in [-0.2, 0) is 102 Å². The van der Waals surface area contributed by atoms with E-state index in [2.05, 4.69) is 315 Å². The summed E-state index contributed by atoms with van der Waals surface area (Å²) in [6, 6.07) is 0.460. The van der Waals surface area contributed by atoms with Gasteiger partial charge in [-0.2, -0.15) is 0 Å². The number of nitrogens with zero attached hydrogens (tertiary/aromatic N) is 30. The molecule has 5 aromatic heterocycles. The predicted molar refractivity (Wildman–Crippen MR) is 378 cm³/mol. The molecule has 45 heteroatoms. The van der Waals surface area contributed by atoms with Crippen LogP contribution in [0.1, 0.15) is 106 Å². The Morgan fingerprint density at radius 1 is 0.312 bits per heavy atom. The number of hydrogen-bond acceptors (Lipinski definition) is 25. The molecule has 96 heavy (non-hydrogen) atoms. The van der Waals surface area contributed by atoms with Crippen molar-refractivity contribution in [2.24, 2.45) is 0 Å². The molecule has 0 N–H and O–H groups in total. The topological polar surface area (TPSA) is 248 Å². The molecule has 5 aliphatic rings. The first-order chi connectivity index (χ1) is 43.6. The SMILES string of the molecule is CB1N(C)[CH-]N(c2ncn[n-]2)B(C)N1C(C)C.CCCCCCN1B(C)N(C)[CH-]N(c2ncn[n-]2)B1C.CCCCCN1B(C)N(C)[CH-]N(c2ncn[n-]2)B1C.CCCCN1B(C)N(C)[CH-]N(c2ncn[n-]2)B1C.CCCN1B(C)N(C)[CH-]N(c2ncn[n-]2)B1C.[Pd+2].[Pd+2].[Pd+2].[Pd+2].[Pd+2]. The molecule has 5 saturated heterocycles. The fraction of sp³-hybridized carbons (Fsp3) is 0.706. The van der Waals surface area contributed by atoms with Gasteiger partial charge < -0.3 is 96.6 Å². The summed E-state index contributed by atoms with van der Waals surface area (Å²) in [7, 11) is 10.4. The van der Waals surface area contributed by atoms with Crippen LogP contribution in [0.5, 0.6) is 0 Å². The molecule has 0 atom stereocenters. The van der Waals surface area contributed by atoms with E-state index in [-0.39, 0.29) is 137 Å². The summed E-state index contributed by atoms with van der Waals surface area (Å²) < 4.78 is 12.3. The molecule has 0 bridgehead atoms. The molecule has 0 amide bonds. The minimum absolute atomic E-state index is 0. The molecule has 0 radical (unpaired) electrons. The van der Waals surface area contributed by atoms with Crippen molar-refractivity contribution < 1.29 is 102 Å². The zero-order chi connectivity index (χ0) is 66.5. The average molecular weight is 1780 g/mol. The standard InChI is InChI=1S/C12H24B2N6.C11H22B2N6.C10H20B2N6.2C9H18B2N6.5Pd/c1-5-6-7-8-9-20-13(2)18(4)11-19(14(20)3)12-15-10-16-17-12;1-5-6-7-8-19-12(2)17(4)10-18(13(19)3)11-14-9-15-16-11;1-5-6-7-18-11(2)16(4)9-17(12(18)3)10-13-8-14-15-10;1-8(2)17-10(3)15(5)7-16(11(17)4)9-12-6-13-14-9;1-5-6-17-10(2)15(4)8-16(11(17)3)9-12-7-13-14-9;;;;;/h10-11H,5-9H2,1-4H3;9-10H,5-8H2,1-4H3;8-9H,5-7H2,1-4H3;6-8H,1-5H3;7-8H,5-6H2,1-4H3;;;;;/q5*-2;5*+2. The van der Waals surface area contributed by atoms with Crippen LogP contribution in [-0.4, -0.2) is 235 Å². The van der Waals surface area contributed by atoms with Gasteiger partial charge in [0, 0.05) is 29.7 Å². The van der Waals surface area contributed by atoms with Gasteiger partial charge in [0.1, 0.15) is 0 Å². The maximum atomic E-state index is 4.21. The van der Waals surface area contributed by atoms with E-state index < -0.39 is 0 Å². The first-order valence-electron chi connectivity index (χ1n) is 33.2. The van der Waals surface area contributed by atoms with Gasteiger partial charge in [-0.05, 0) is 57.9 Å². The zero-order valence-corrected chi connectivity index (χ0v) is 68.3. The molecule has 5 aliphatic heterocycles. The smallest absolute Gasteiger partial charge is 0.583 e. The molecule has 10 heterocycles. The summed E-state index contributed by atoms with van der Waals surface area (Å²) in [6.45, 7) is 53.2. The molecule has 0 saturated carbocycles. The van der Waals surface area contributed by atoms with Gasteiger partial charge in [-0.25, -0.2) is 25.5 Å². The third kappa shape index (κ3) is 25.0. The van der Waals surface area contributed by atoms with Gasteiger partial charge in [0.15, 0.2) is 0 Å². The fourth-order valence-corrected chi connectivity index (χ4v) is 12.2. The van der Waals surface area contributed by atoms with E-state index >= 15 is 0 Å². The van der Waals surface area contributed by atoms with E-state index in [0.717, 1.165) is 32.6 Å². The Hall–Kier alpha value is -1.74. The van der Waals surface area contributed by atoms with Crippen LogP contribution in [0.2, 0.25) is 68.2 Å². The average Bonchev–Trinajstić information content (AvgIpc) is 1.37. The minimum atomic E-state index is 0. The van der Waals surface area contributed by atoms with Crippen molar-refractivity contribution >= 4 is 99.6 Å². The second-order valence-electron chi connectivity index (χ2n) is 24.7. The summed E-state index contributed by atoms with van der Waals surface area (Å²) in [5.41, 5.74) is 0. The largest absolute Gasteiger partial charge is 2.00 e. The molecule has 5 fully saturated rings. The molecule has 10 rings (SSSR count). The molecule has 0 unspecified atom stereocenters. The second-order valence-corrected chi connectivity index (χ2v) is 24.7. The van der Waals surface area contributed by atoms with Crippen molar-refractivity contribution in [3.63, 3.8) is 0 Å². The Bertz CT molecular complexity index is 2670. The van der Waals surface area contributed by atoms with Gasteiger partial charge >= 0.3 is 102 Å².